The van der Waals surface area contributed by atoms with Crippen molar-refractivity contribution in [2.75, 3.05) is 0 Å². The highest BCUT2D eigenvalue weighted by Gasteiger charge is 2.18. The molecule has 2 heterocycles. The van der Waals surface area contributed by atoms with E-state index in [1.807, 2.05) is 0 Å². The molecule has 2 aromatic carbocycles. The molecule has 0 aliphatic heterocycles. The van der Waals surface area contributed by atoms with E-state index in [2.05, 4.69) is 10.1 Å². The van der Waals surface area contributed by atoms with Crippen molar-refractivity contribution in [3.63, 3.8) is 0 Å². The molecule has 146 valence electrons. The van der Waals surface area contributed by atoms with E-state index in [1.54, 1.807) is 37.3 Å². The van der Waals surface area contributed by atoms with E-state index >= 15 is 0 Å². The van der Waals surface area contributed by atoms with Gasteiger partial charge < -0.3 is 4.74 Å². The van der Waals surface area contributed by atoms with Crippen LogP contribution in [0, 0.1) is 12.7 Å². The lowest BCUT2D eigenvalue weighted by atomic mass is 10.1. The summed E-state index contributed by atoms with van der Waals surface area (Å²) in [6.45, 7) is 1.73. The monoisotopic (exact) mass is 449 g/mol. The molecule has 4 aromatic rings. The summed E-state index contributed by atoms with van der Waals surface area (Å²) >= 11 is 18.7. The van der Waals surface area contributed by atoms with E-state index in [1.165, 1.54) is 23.0 Å². The number of hydrogen-bond acceptors (Lipinski definition) is 4. The summed E-state index contributed by atoms with van der Waals surface area (Å²) < 4.78 is 21.0. The summed E-state index contributed by atoms with van der Waals surface area (Å²) in [5, 5.41) is 5.01. The molecule has 0 saturated carbocycles. The van der Waals surface area contributed by atoms with E-state index in [0.717, 1.165) is 0 Å². The molecule has 4 rings (SSSR count). The molecule has 0 fully saturated rings. The highest BCUT2D eigenvalue weighted by molar-refractivity contribution is 6.39. The fourth-order valence-electron chi connectivity index (χ4n) is 2.84. The van der Waals surface area contributed by atoms with Crippen molar-refractivity contribution in [1.82, 2.24) is 14.6 Å². The average molecular weight is 451 g/mol. The second kappa shape index (κ2) is 7.63. The lowest BCUT2D eigenvalue weighted by Crippen LogP contribution is -2.14. The summed E-state index contributed by atoms with van der Waals surface area (Å²) in [5.41, 5.74) is 1.10. The van der Waals surface area contributed by atoms with E-state index < -0.39 is 11.4 Å². The van der Waals surface area contributed by atoms with E-state index in [9.17, 15) is 9.18 Å². The molecule has 0 N–H and O–H groups in total. The summed E-state index contributed by atoms with van der Waals surface area (Å²) in [4.78, 5) is 16.3. The van der Waals surface area contributed by atoms with Crippen LogP contribution < -0.4 is 10.3 Å². The predicted molar refractivity (Wildman–Crippen MR) is 111 cm³/mol. The van der Waals surface area contributed by atoms with Crippen LogP contribution in [0.2, 0.25) is 15.1 Å². The number of nitrogens with zero attached hydrogens (tertiary/aromatic N) is 3. The largest absolute Gasteiger partial charge is 0.433 e. The third-order valence-electron chi connectivity index (χ3n) is 4.25. The highest BCUT2D eigenvalue weighted by atomic mass is 35.5. The van der Waals surface area contributed by atoms with Gasteiger partial charge >= 0.3 is 0 Å². The Balaban J connectivity index is 1.87. The number of benzene rings is 2. The lowest BCUT2D eigenvalue weighted by Gasteiger charge is -2.12. The number of aryl methyl sites for hydroxylation is 1. The molecule has 0 amide bonds. The zero-order valence-corrected chi connectivity index (χ0v) is 17.1. The summed E-state index contributed by atoms with van der Waals surface area (Å²) in [7, 11) is 0. The van der Waals surface area contributed by atoms with Crippen molar-refractivity contribution < 1.29 is 9.13 Å². The van der Waals surface area contributed by atoms with Crippen molar-refractivity contribution in [2.45, 2.75) is 6.92 Å². The van der Waals surface area contributed by atoms with Crippen LogP contribution in [0.1, 0.15) is 5.56 Å². The first-order valence-corrected chi connectivity index (χ1v) is 9.45. The Morgan fingerprint density at radius 1 is 1.00 bits per heavy atom. The fourth-order valence-corrected chi connectivity index (χ4v) is 3.62. The van der Waals surface area contributed by atoms with Gasteiger partial charge in [0.25, 0.3) is 5.56 Å². The first kappa shape index (κ1) is 19.6. The fraction of sp³-hybridized carbons (Fsp3) is 0.0500. The van der Waals surface area contributed by atoms with Crippen molar-refractivity contribution >= 4 is 40.3 Å². The van der Waals surface area contributed by atoms with Gasteiger partial charge in [0.1, 0.15) is 6.33 Å². The molecule has 0 radical (unpaired) electrons. The van der Waals surface area contributed by atoms with Crippen LogP contribution in [0.3, 0.4) is 0 Å². The molecule has 2 aromatic heterocycles. The molecule has 0 aliphatic carbocycles. The molecule has 9 heteroatoms. The number of fused-ring (bicyclic) bond motifs is 1. The van der Waals surface area contributed by atoms with Gasteiger partial charge in [-0.15, -0.1) is 5.10 Å². The Morgan fingerprint density at radius 2 is 1.72 bits per heavy atom. The molecule has 29 heavy (non-hydrogen) atoms. The van der Waals surface area contributed by atoms with Crippen LogP contribution in [0.15, 0.2) is 53.6 Å². The van der Waals surface area contributed by atoms with Crippen LogP contribution in [0.4, 0.5) is 4.39 Å². The predicted octanol–water partition coefficient (Wildman–Crippen LogP) is 5.96. The standard InChI is InChI=1S/C20H11Cl3FN3O2/c1-10-5-6-13(24)19(18(10)23)29-15-8-7-14-17(20(28)25-9-27(14)26-15)16-11(21)3-2-4-12(16)22/h2-9H,1H3. The Labute approximate surface area is 179 Å². The minimum Gasteiger partial charge on any atom is -0.433 e. The topological polar surface area (TPSA) is 56.5 Å². The summed E-state index contributed by atoms with van der Waals surface area (Å²) in [6.07, 6.45) is 1.23. The van der Waals surface area contributed by atoms with Gasteiger partial charge in [0.05, 0.1) is 26.1 Å². The number of halogens is 4. The van der Waals surface area contributed by atoms with Gasteiger partial charge in [0.2, 0.25) is 5.88 Å². The maximum absolute atomic E-state index is 14.1. The van der Waals surface area contributed by atoms with Crippen molar-refractivity contribution in [3.8, 4) is 22.8 Å². The van der Waals surface area contributed by atoms with Crippen molar-refractivity contribution in [2.24, 2.45) is 0 Å². The Hall–Kier alpha value is -2.67. The van der Waals surface area contributed by atoms with Crippen LogP contribution in [-0.4, -0.2) is 14.6 Å². The van der Waals surface area contributed by atoms with Crippen LogP contribution >= 0.6 is 34.8 Å². The van der Waals surface area contributed by atoms with Gasteiger partial charge in [-0.05, 0) is 36.8 Å². The first-order valence-electron chi connectivity index (χ1n) is 8.32. The molecular formula is C20H11Cl3FN3O2. The number of rotatable bonds is 3. The van der Waals surface area contributed by atoms with Crippen molar-refractivity contribution in [1.29, 1.82) is 0 Å². The quantitative estimate of drug-likeness (QED) is 0.387. The normalized spacial score (nSPS) is 11.1. The maximum Gasteiger partial charge on any atom is 0.281 e. The second-order valence-electron chi connectivity index (χ2n) is 6.13. The van der Waals surface area contributed by atoms with Gasteiger partial charge in [-0.3, -0.25) is 4.79 Å². The average Bonchev–Trinajstić information content (AvgIpc) is 2.69. The first-order chi connectivity index (χ1) is 13.9. The molecule has 0 unspecified atom stereocenters. The third kappa shape index (κ3) is 3.55. The number of aromatic nitrogens is 3. The third-order valence-corrected chi connectivity index (χ3v) is 5.35. The SMILES string of the molecule is Cc1ccc(F)c(Oc2ccc3c(-c4c(Cl)cccc4Cl)c(=O)ncn3n2)c1Cl. The summed E-state index contributed by atoms with van der Waals surface area (Å²) in [6, 6.07) is 10.8. The zero-order chi connectivity index (χ0) is 20.7. The minimum absolute atomic E-state index is 0.0607. The summed E-state index contributed by atoms with van der Waals surface area (Å²) in [5.74, 6) is -0.698. The molecule has 0 bridgehead atoms. The highest BCUT2D eigenvalue weighted by Crippen LogP contribution is 2.36. The van der Waals surface area contributed by atoms with Crippen LogP contribution in [0.5, 0.6) is 11.6 Å². The smallest absolute Gasteiger partial charge is 0.281 e. The molecule has 5 nitrogen and oxygen atoms in total. The molecule has 0 aliphatic rings. The maximum atomic E-state index is 14.1. The van der Waals surface area contributed by atoms with Gasteiger partial charge in [-0.25, -0.2) is 8.91 Å². The Morgan fingerprint density at radius 3 is 2.45 bits per heavy atom. The van der Waals surface area contributed by atoms with E-state index in [0.29, 0.717) is 26.7 Å². The molecule has 0 saturated heterocycles. The van der Waals surface area contributed by atoms with Gasteiger partial charge in [0.15, 0.2) is 11.6 Å². The van der Waals surface area contributed by atoms with E-state index in [-0.39, 0.29) is 22.2 Å². The Bertz CT molecular complexity index is 1300. The molecule has 0 spiro atoms. The molecular weight excluding hydrogens is 440 g/mol. The Kier molecular flexibility index (Phi) is 5.17. The lowest BCUT2D eigenvalue weighted by molar-refractivity contribution is 0.419. The van der Waals surface area contributed by atoms with Crippen LogP contribution in [0.25, 0.3) is 16.6 Å². The molecule has 0 atom stereocenters. The van der Waals surface area contributed by atoms with E-state index in [4.69, 9.17) is 39.5 Å². The second-order valence-corrected chi connectivity index (χ2v) is 7.32. The van der Waals surface area contributed by atoms with Crippen LogP contribution in [-0.2, 0) is 0 Å². The van der Waals surface area contributed by atoms with Gasteiger partial charge in [-0.1, -0.05) is 46.9 Å². The minimum atomic E-state index is -0.621. The van der Waals surface area contributed by atoms with Crippen molar-refractivity contribution in [3.05, 3.63) is 85.6 Å². The van der Waals surface area contributed by atoms with Gasteiger partial charge in [0, 0.05) is 11.6 Å². The number of ether oxygens (including phenoxy) is 1. The zero-order valence-electron chi connectivity index (χ0n) is 14.8. The van der Waals surface area contributed by atoms with Gasteiger partial charge in [-0.2, -0.15) is 4.98 Å². The number of hydrogen-bond donors (Lipinski definition) is 0.